The molecular weight excluding hydrogens is 363 g/mol. The smallest absolute Gasteiger partial charge is 0.434 e. The first-order chi connectivity index (χ1) is 12.7. The number of carboxylic acids is 1. The van der Waals surface area contributed by atoms with Gasteiger partial charge in [0.2, 0.25) is 0 Å². The number of aromatic nitrogens is 2. The van der Waals surface area contributed by atoms with E-state index in [4.69, 9.17) is 5.11 Å². The standard InChI is InChI=1S/C18H18F3N3O3/c1-11-2-4-13(5-3-11)24-15(18(19,20)21)14(10-22-24)16(25)23-8-6-12(7-9-23)17(26)27/h2-5,10,12H,6-9H2,1H3,(H,26,27). The van der Waals surface area contributed by atoms with Crippen LogP contribution in [0.25, 0.3) is 5.69 Å². The van der Waals surface area contributed by atoms with Crippen molar-refractivity contribution in [1.82, 2.24) is 14.7 Å². The van der Waals surface area contributed by atoms with Gasteiger partial charge in [-0.2, -0.15) is 18.3 Å². The number of halogens is 3. The number of aliphatic carboxylic acids is 1. The number of carbonyl (C=O) groups excluding carboxylic acids is 1. The van der Waals surface area contributed by atoms with Gasteiger partial charge in [-0.05, 0) is 31.9 Å². The Labute approximate surface area is 153 Å². The van der Waals surface area contributed by atoms with E-state index < -0.39 is 35.2 Å². The maximum atomic E-state index is 13.7. The summed E-state index contributed by atoms with van der Waals surface area (Å²) in [5.74, 6) is -2.32. The minimum absolute atomic E-state index is 0.100. The Bertz CT molecular complexity index is 851. The van der Waals surface area contributed by atoms with Gasteiger partial charge in [0, 0.05) is 13.1 Å². The number of nitrogens with zero attached hydrogens (tertiary/aromatic N) is 3. The van der Waals surface area contributed by atoms with Crippen LogP contribution in [-0.4, -0.2) is 44.8 Å². The van der Waals surface area contributed by atoms with E-state index in [1.165, 1.54) is 17.0 Å². The molecule has 0 aliphatic carbocycles. The van der Waals surface area contributed by atoms with Crippen LogP contribution in [0.2, 0.25) is 0 Å². The number of carbonyl (C=O) groups is 2. The van der Waals surface area contributed by atoms with Gasteiger partial charge in [0.25, 0.3) is 5.91 Å². The first-order valence-electron chi connectivity index (χ1n) is 8.43. The van der Waals surface area contributed by atoms with Crippen LogP contribution in [0.5, 0.6) is 0 Å². The van der Waals surface area contributed by atoms with Crippen LogP contribution in [0.1, 0.15) is 34.5 Å². The number of likely N-dealkylation sites (tertiary alicyclic amines) is 1. The Hall–Kier alpha value is -2.84. The van der Waals surface area contributed by atoms with Gasteiger partial charge in [-0.25, -0.2) is 4.68 Å². The Kier molecular flexibility index (Phi) is 4.95. The molecule has 0 unspecified atom stereocenters. The molecule has 1 aromatic carbocycles. The first-order valence-corrected chi connectivity index (χ1v) is 8.43. The van der Waals surface area contributed by atoms with Gasteiger partial charge in [0.1, 0.15) is 0 Å². The van der Waals surface area contributed by atoms with E-state index in [0.717, 1.165) is 16.4 Å². The molecule has 27 heavy (non-hydrogen) atoms. The molecule has 3 rings (SSSR count). The molecule has 1 amide bonds. The Morgan fingerprint density at radius 2 is 1.74 bits per heavy atom. The molecule has 1 aliphatic rings. The highest BCUT2D eigenvalue weighted by Crippen LogP contribution is 2.34. The number of hydrogen-bond acceptors (Lipinski definition) is 3. The van der Waals surface area contributed by atoms with Crippen LogP contribution in [-0.2, 0) is 11.0 Å². The lowest BCUT2D eigenvalue weighted by molar-refractivity contribution is -0.143. The summed E-state index contributed by atoms with van der Waals surface area (Å²) in [5, 5.41) is 12.8. The van der Waals surface area contributed by atoms with Crippen molar-refractivity contribution in [3.8, 4) is 5.69 Å². The molecule has 1 saturated heterocycles. The SMILES string of the molecule is Cc1ccc(-n2ncc(C(=O)N3CCC(C(=O)O)CC3)c2C(F)(F)F)cc1. The lowest BCUT2D eigenvalue weighted by atomic mass is 9.96. The topological polar surface area (TPSA) is 75.4 Å². The van der Waals surface area contributed by atoms with Gasteiger partial charge < -0.3 is 10.0 Å². The molecule has 2 heterocycles. The number of carboxylic acid groups (broad SMARTS) is 1. The third kappa shape index (κ3) is 3.81. The van der Waals surface area contributed by atoms with Crippen molar-refractivity contribution in [2.45, 2.75) is 25.9 Å². The van der Waals surface area contributed by atoms with Gasteiger partial charge in [0.15, 0.2) is 5.69 Å². The summed E-state index contributed by atoms with van der Waals surface area (Å²) in [6, 6.07) is 6.33. The van der Waals surface area contributed by atoms with Crippen LogP contribution in [0, 0.1) is 12.8 Å². The molecule has 1 fully saturated rings. The van der Waals surface area contributed by atoms with Crippen LogP contribution in [0.4, 0.5) is 13.2 Å². The number of alkyl halides is 3. The summed E-state index contributed by atoms with van der Waals surface area (Å²) < 4.78 is 41.8. The van der Waals surface area contributed by atoms with E-state index in [1.54, 1.807) is 12.1 Å². The predicted molar refractivity (Wildman–Crippen MR) is 89.6 cm³/mol. The molecular formula is C18H18F3N3O3. The zero-order valence-electron chi connectivity index (χ0n) is 14.5. The number of piperidine rings is 1. The van der Waals surface area contributed by atoms with Crippen molar-refractivity contribution < 1.29 is 27.9 Å². The van der Waals surface area contributed by atoms with Gasteiger partial charge in [0.05, 0.1) is 23.4 Å². The summed E-state index contributed by atoms with van der Waals surface area (Å²) >= 11 is 0. The predicted octanol–water partition coefficient (Wildman–Crippen LogP) is 3.14. The molecule has 6 nitrogen and oxygen atoms in total. The maximum Gasteiger partial charge on any atom is 0.434 e. The number of rotatable bonds is 3. The molecule has 2 aromatic rings. The minimum Gasteiger partial charge on any atom is -0.481 e. The second-order valence-electron chi connectivity index (χ2n) is 6.56. The minimum atomic E-state index is -4.77. The van der Waals surface area contributed by atoms with Crippen LogP contribution in [0.15, 0.2) is 30.5 Å². The Morgan fingerprint density at radius 3 is 2.26 bits per heavy atom. The molecule has 0 radical (unpaired) electrons. The number of amides is 1. The summed E-state index contributed by atoms with van der Waals surface area (Å²) in [5.41, 5.74) is -0.567. The molecule has 9 heteroatoms. The highest BCUT2D eigenvalue weighted by Gasteiger charge is 2.42. The average molecular weight is 381 g/mol. The first kappa shape index (κ1) is 18.9. The normalized spacial score (nSPS) is 15.8. The summed E-state index contributed by atoms with van der Waals surface area (Å²) in [6.45, 7) is 2.01. The fourth-order valence-corrected chi connectivity index (χ4v) is 3.16. The van der Waals surface area contributed by atoms with Crippen LogP contribution >= 0.6 is 0 Å². The van der Waals surface area contributed by atoms with Crippen LogP contribution < -0.4 is 0 Å². The molecule has 1 aromatic heterocycles. The van der Waals surface area contributed by atoms with E-state index in [1.807, 2.05) is 6.92 Å². The maximum absolute atomic E-state index is 13.7. The largest absolute Gasteiger partial charge is 0.481 e. The van der Waals surface area contributed by atoms with E-state index in [9.17, 15) is 22.8 Å². The van der Waals surface area contributed by atoms with Crippen molar-refractivity contribution in [2.75, 3.05) is 13.1 Å². The third-order valence-corrected chi connectivity index (χ3v) is 4.68. The van der Waals surface area contributed by atoms with Crippen molar-refractivity contribution in [3.05, 3.63) is 47.3 Å². The highest BCUT2D eigenvalue weighted by molar-refractivity contribution is 5.95. The number of aryl methyl sites for hydroxylation is 1. The zero-order chi connectivity index (χ0) is 19.8. The Balaban J connectivity index is 1.93. The van der Waals surface area contributed by atoms with Crippen molar-refractivity contribution >= 4 is 11.9 Å². The summed E-state index contributed by atoms with van der Waals surface area (Å²) in [4.78, 5) is 24.9. The lowest BCUT2D eigenvalue weighted by Gasteiger charge is -2.30. The molecule has 0 saturated carbocycles. The van der Waals surface area contributed by atoms with E-state index in [2.05, 4.69) is 5.10 Å². The second-order valence-corrected chi connectivity index (χ2v) is 6.56. The fraction of sp³-hybridized carbons (Fsp3) is 0.389. The fourth-order valence-electron chi connectivity index (χ4n) is 3.16. The highest BCUT2D eigenvalue weighted by atomic mass is 19.4. The van der Waals surface area contributed by atoms with E-state index in [-0.39, 0.29) is 31.6 Å². The van der Waals surface area contributed by atoms with Gasteiger partial charge >= 0.3 is 12.1 Å². The van der Waals surface area contributed by atoms with Crippen molar-refractivity contribution in [1.29, 1.82) is 0 Å². The molecule has 0 atom stereocenters. The molecule has 1 aliphatic heterocycles. The average Bonchev–Trinajstić information content (AvgIpc) is 3.07. The lowest BCUT2D eigenvalue weighted by Crippen LogP contribution is -2.40. The van der Waals surface area contributed by atoms with Gasteiger partial charge in [-0.1, -0.05) is 17.7 Å². The van der Waals surface area contributed by atoms with Crippen molar-refractivity contribution in [3.63, 3.8) is 0 Å². The van der Waals surface area contributed by atoms with Gasteiger partial charge in [-0.3, -0.25) is 9.59 Å². The molecule has 0 bridgehead atoms. The molecule has 0 spiro atoms. The molecule has 1 N–H and O–H groups in total. The quantitative estimate of drug-likeness (QED) is 0.886. The third-order valence-electron chi connectivity index (χ3n) is 4.68. The van der Waals surface area contributed by atoms with E-state index in [0.29, 0.717) is 0 Å². The summed E-state index contributed by atoms with van der Waals surface area (Å²) in [7, 11) is 0. The van der Waals surface area contributed by atoms with Crippen molar-refractivity contribution in [2.24, 2.45) is 5.92 Å². The summed E-state index contributed by atoms with van der Waals surface area (Å²) in [6.07, 6.45) is -3.41. The number of benzene rings is 1. The van der Waals surface area contributed by atoms with Crippen LogP contribution in [0.3, 0.4) is 0 Å². The zero-order valence-corrected chi connectivity index (χ0v) is 14.5. The second kappa shape index (κ2) is 7.05. The monoisotopic (exact) mass is 381 g/mol. The molecule has 144 valence electrons. The van der Waals surface area contributed by atoms with Gasteiger partial charge in [-0.15, -0.1) is 0 Å². The van der Waals surface area contributed by atoms with E-state index >= 15 is 0 Å². The Morgan fingerprint density at radius 1 is 1.15 bits per heavy atom. The number of hydrogen-bond donors (Lipinski definition) is 1.